The highest BCUT2D eigenvalue weighted by Gasteiger charge is 2.58. The van der Waals surface area contributed by atoms with Crippen LogP contribution in [0.25, 0.3) is 11.3 Å². The summed E-state index contributed by atoms with van der Waals surface area (Å²) in [7, 11) is 0. The zero-order valence-electron chi connectivity index (χ0n) is 24.5. The lowest BCUT2D eigenvalue weighted by Gasteiger charge is -2.58. The number of benzene rings is 2. The molecule has 2 heterocycles. The van der Waals surface area contributed by atoms with Gasteiger partial charge in [0.25, 0.3) is 0 Å². The monoisotopic (exact) mass is 621 g/mol. The summed E-state index contributed by atoms with van der Waals surface area (Å²) in [6, 6.07) is 18.5. The Morgan fingerprint density at radius 1 is 0.956 bits per heavy atom. The third-order valence-corrected chi connectivity index (χ3v) is 9.85. The molecule has 3 unspecified atom stereocenters. The largest absolute Gasteiger partial charge is 0.483 e. The lowest BCUT2D eigenvalue weighted by molar-refractivity contribution is -0.153. The number of alkyl halides is 3. The molecule has 4 fully saturated rings. The van der Waals surface area contributed by atoms with Gasteiger partial charge in [-0.3, -0.25) is 9.78 Å². The normalized spacial score (nSPS) is 26.7. The summed E-state index contributed by atoms with van der Waals surface area (Å²) in [4.78, 5) is 37.8. The summed E-state index contributed by atoms with van der Waals surface area (Å²) in [5, 5.41) is 4.77. The number of pyridine rings is 1. The van der Waals surface area contributed by atoms with Gasteiger partial charge in [0.15, 0.2) is 6.61 Å². The van der Waals surface area contributed by atoms with Crippen molar-refractivity contribution < 1.29 is 32.3 Å². The summed E-state index contributed by atoms with van der Waals surface area (Å²) in [6.45, 7) is -0.365. The maximum absolute atomic E-state index is 13.2. The van der Waals surface area contributed by atoms with Crippen LogP contribution < -0.4 is 25.8 Å². The number of aromatic nitrogens is 1. The number of nitrogens with two attached hydrogens (primary N) is 1. The van der Waals surface area contributed by atoms with Gasteiger partial charge in [-0.05, 0) is 86.3 Å². The highest BCUT2D eigenvalue weighted by molar-refractivity contribution is 5.82. The van der Waals surface area contributed by atoms with E-state index in [0.29, 0.717) is 24.7 Å². The fourth-order valence-corrected chi connectivity index (χ4v) is 8.14. The molecular weight excluding hydrogens is 587 g/mol. The van der Waals surface area contributed by atoms with Gasteiger partial charge in [-0.2, -0.15) is 13.2 Å². The van der Waals surface area contributed by atoms with E-state index in [2.05, 4.69) is 15.2 Å². The van der Waals surface area contributed by atoms with Crippen LogP contribution in [-0.2, 0) is 9.63 Å². The van der Waals surface area contributed by atoms with Gasteiger partial charge in [-0.15, -0.1) is 0 Å². The van der Waals surface area contributed by atoms with Crippen molar-refractivity contribution in [3.63, 3.8) is 0 Å². The number of fused-ring (bicyclic) bond motifs is 1. The Kier molecular flexibility index (Phi) is 7.25. The second-order valence-electron chi connectivity index (χ2n) is 12.7. The highest BCUT2D eigenvalue weighted by Crippen LogP contribution is 2.60. The van der Waals surface area contributed by atoms with Gasteiger partial charge >= 0.3 is 12.3 Å². The van der Waals surface area contributed by atoms with Crippen LogP contribution in [0.2, 0.25) is 0 Å². The fraction of sp³-hybridized carbons (Fsp3) is 0.424. The molecule has 8 rings (SSSR count). The van der Waals surface area contributed by atoms with Gasteiger partial charge in [-0.1, -0.05) is 24.3 Å². The minimum Gasteiger partial charge on any atom is -0.483 e. The third-order valence-electron chi connectivity index (χ3n) is 9.85. The number of anilines is 3. The molecule has 5 aliphatic rings. The number of hydroxylamine groups is 1. The van der Waals surface area contributed by atoms with Gasteiger partial charge in [0.1, 0.15) is 5.75 Å². The highest BCUT2D eigenvalue weighted by atomic mass is 19.4. The first-order valence-electron chi connectivity index (χ1n) is 15.3. The third kappa shape index (κ3) is 5.73. The Morgan fingerprint density at radius 3 is 2.31 bits per heavy atom. The van der Waals surface area contributed by atoms with E-state index >= 15 is 0 Å². The van der Waals surface area contributed by atoms with Crippen LogP contribution in [-0.4, -0.2) is 48.9 Å². The van der Waals surface area contributed by atoms with E-state index < -0.39 is 24.3 Å². The maximum atomic E-state index is 13.2. The second kappa shape index (κ2) is 11.1. The molecule has 0 saturated heterocycles. The van der Waals surface area contributed by atoms with E-state index in [-0.39, 0.29) is 29.5 Å². The number of para-hydroxylation sites is 2. The van der Waals surface area contributed by atoms with Gasteiger partial charge in [0.05, 0.1) is 29.8 Å². The Morgan fingerprint density at radius 2 is 1.67 bits per heavy atom. The molecule has 3 aromatic rings. The van der Waals surface area contributed by atoms with Crippen molar-refractivity contribution in [3.8, 4) is 17.0 Å². The molecule has 12 heteroatoms. The standard InChI is InChI=1S/C33H34F3N5O4/c34-33(35,36)19-44-25-9-10-26(38-18-25)21-5-7-24(8-6-21)40-11-12-41(28-4-2-1-3-27(28)40)45-31(43)39-29-22-13-20-14-23(29)17-32(15-20,16-22)30(37)42/h1-10,18,20,22-23,29H,11-17,19H2,(H2,37,42)(H,39,43)/t20?,22-,23+,29?,32?. The van der Waals surface area contributed by atoms with Crippen LogP contribution in [0.4, 0.5) is 35.0 Å². The number of hydrogen-bond acceptors (Lipinski definition) is 7. The number of primary amides is 1. The lowest BCUT2D eigenvalue weighted by Crippen LogP contribution is -2.62. The van der Waals surface area contributed by atoms with Crippen molar-refractivity contribution in [2.45, 2.75) is 44.3 Å². The molecule has 2 aromatic carbocycles. The van der Waals surface area contributed by atoms with Crippen LogP contribution in [0.3, 0.4) is 0 Å². The number of carbonyl (C=O) groups excluding carboxylic acids is 2. The molecule has 4 saturated carbocycles. The topological polar surface area (TPSA) is 110 Å². The molecule has 5 atom stereocenters. The first-order chi connectivity index (χ1) is 21.6. The van der Waals surface area contributed by atoms with Crippen molar-refractivity contribution in [2.75, 3.05) is 29.7 Å². The fourth-order valence-electron chi connectivity index (χ4n) is 8.14. The van der Waals surface area contributed by atoms with Crippen molar-refractivity contribution in [1.29, 1.82) is 0 Å². The Bertz CT molecular complexity index is 1570. The average molecular weight is 622 g/mol. The van der Waals surface area contributed by atoms with Crippen LogP contribution in [0.15, 0.2) is 66.9 Å². The summed E-state index contributed by atoms with van der Waals surface area (Å²) in [6.07, 6.45) is 0.741. The number of amides is 2. The number of carbonyl (C=O) groups is 2. The van der Waals surface area contributed by atoms with Gasteiger partial charge in [0.2, 0.25) is 5.91 Å². The Hall–Kier alpha value is -4.48. The molecule has 2 amide bonds. The molecule has 236 valence electrons. The van der Waals surface area contributed by atoms with Crippen molar-refractivity contribution in [2.24, 2.45) is 28.9 Å². The SMILES string of the molecule is NC(=O)C12CC3C[C@H](C1)C(NC(=O)ON1CCN(c4ccc(-c5ccc(OCC(F)(F)F)cn5)cc4)c4ccccc41)[C@@H](C3)C2. The first-order valence-corrected chi connectivity index (χ1v) is 15.3. The van der Waals surface area contributed by atoms with E-state index in [1.165, 1.54) is 12.3 Å². The molecule has 1 aromatic heterocycles. The number of halogens is 3. The van der Waals surface area contributed by atoms with Gasteiger partial charge in [0, 0.05) is 29.3 Å². The van der Waals surface area contributed by atoms with E-state index in [1.54, 1.807) is 11.1 Å². The smallest absolute Gasteiger partial charge is 0.431 e. The predicted molar refractivity (Wildman–Crippen MR) is 161 cm³/mol. The predicted octanol–water partition coefficient (Wildman–Crippen LogP) is 5.97. The number of rotatable bonds is 7. The molecule has 9 nitrogen and oxygen atoms in total. The lowest BCUT2D eigenvalue weighted by atomic mass is 9.47. The van der Waals surface area contributed by atoms with Crippen LogP contribution in [0.5, 0.6) is 5.75 Å². The molecule has 45 heavy (non-hydrogen) atoms. The number of hydrogen-bond donors (Lipinski definition) is 2. The second-order valence-corrected chi connectivity index (χ2v) is 12.7. The summed E-state index contributed by atoms with van der Waals surface area (Å²) >= 11 is 0. The van der Waals surface area contributed by atoms with Gasteiger partial charge in [-0.25, -0.2) is 9.86 Å². The van der Waals surface area contributed by atoms with E-state index in [1.807, 2.05) is 48.5 Å². The summed E-state index contributed by atoms with van der Waals surface area (Å²) in [5.41, 5.74) is 9.39. The molecule has 4 aliphatic carbocycles. The molecule has 3 N–H and O–H groups in total. The maximum Gasteiger partial charge on any atom is 0.431 e. The Balaban J connectivity index is 1.01. The zero-order chi connectivity index (χ0) is 31.3. The molecule has 0 spiro atoms. The van der Waals surface area contributed by atoms with Crippen LogP contribution in [0, 0.1) is 23.2 Å². The van der Waals surface area contributed by atoms with Crippen LogP contribution in [0.1, 0.15) is 32.1 Å². The quantitative estimate of drug-likeness (QED) is 0.335. The zero-order valence-corrected chi connectivity index (χ0v) is 24.5. The van der Waals surface area contributed by atoms with Crippen molar-refractivity contribution in [1.82, 2.24) is 10.3 Å². The number of ether oxygens (including phenoxy) is 1. The van der Waals surface area contributed by atoms with Crippen LogP contribution >= 0.6 is 0 Å². The van der Waals surface area contributed by atoms with Gasteiger partial charge < -0.3 is 25.5 Å². The minimum absolute atomic E-state index is 0.0188. The van der Waals surface area contributed by atoms with Crippen molar-refractivity contribution >= 4 is 29.1 Å². The molecule has 0 radical (unpaired) electrons. The molecule has 1 aliphatic heterocycles. The number of nitrogens with zero attached hydrogens (tertiary/aromatic N) is 3. The van der Waals surface area contributed by atoms with Crippen molar-refractivity contribution in [3.05, 3.63) is 66.9 Å². The minimum atomic E-state index is -4.41. The average Bonchev–Trinajstić information content (AvgIpc) is 3.02. The van der Waals surface area contributed by atoms with E-state index in [9.17, 15) is 22.8 Å². The molecule has 4 bridgehead atoms. The first kappa shape index (κ1) is 29.2. The van der Waals surface area contributed by atoms with E-state index in [0.717, 1.165) is 54.7 Å². The summed E-state index contributed by atoms with van der Waals surface area (Å²) < 4.78 is 42.0. The van der Waals surface area contributed by atoms with E-state index in [4.69, 9.17) is 15.3 Å². The molecular formula is C33H34F3N5O4. The summed E-state index contributed by atoms with van der Waals surface area (Å²) in [5.74, 6) is 0.822. The number of nitrogens with one attached hydrogen (secondary N) is 1. The Labute approximate surface area is 258 Å².